The number of nitrogens with zero attached hydrogens (tertiary/aromatic N) is 1. The lowest BCUT2D eigenvalue weighted by molar-refractivity contribution is 0.252. The number of hydrogen-bond donors (Lipinski definition) is 2. The number of rotatable bonds is 5. The van der Waals surface area contributed by atoms with E-state index in [2.05, 4.69) is 14.7 Å². The molecule has 9 heteroatoms. The first-order valence-corrected chi connectivity index (χ1v) is 8.82. The maximum absolute atomic E-state index is 12.5. The molecule has 0 fully saturated rings. The molecular formula is C14H11F2N3O2S2. The van der Waals surface area contributed by atoms with Crippen LogP contribution in [0.5, 0.6) is 0 Å². The molecule has 1 aromatic carbocycles. The lowest BCUT2D eigenvalue weighted by Gasteiger charge is -2.08. The Labute approximate surface area is 135 Å². The third-order valence-electron chi connectivity index (χ3n) is 3.03. The van der Waals surface area contributed by atoms with E-state index in [1.165, 1.54) is 30.5 Å². The third-order valence-corrected chi connectivity index (χ3v) is 5.18. The van der Waals surface area contributed by atoms with Crippen molar-refractivity contribution in [3.05, 3.63) is 48.8 Å². The molecule has 23 heavy (non-hydrogen) atoms. The molecule has 120 valence electrons. The van der Waals surface area contributed by atoms with E-state index in [0.29, 0.717) is 33.4 Å². The zero-order valence-corrected chi connectivity index (χ0v) is 13.2. The Hall–Kier alpha value is -2.13. The van der Waals surface area contributed by atoms with Gasteiger partial charge in [0.05, 0.1) is 0 Å². The van der Waals surface area contributed by atoms with Crippen LogP contribution < -0.4 is 4.72 Å². The van der Waals surface area contributed by atoms with Crippen molar-refractivity contribution in [2.75, 3.05) is 4.72 Å². The molecule has 0 aliphatic rings. The van der Waals surface area contributed by atoms with Crippen molar-refractivity contribution in [1.82, 2.24) is 9.97 Å². The van der Waals surface area contributed by atoms with Gasteiger partial charge < -0.3 is 4.98 Å². The van der Waals surface area contributed by atoms with E-state index in [1.807, 2.05) is 0 Å². The molecule has 0 spiro atoms. The van der Waals surface area contributed by atoms with Gasteiger partial charge in [0.15, 0.2) is 0 Å². The van der Waals surface area contributed by atoms with E-state index >= 15 is 0 Å². The minimum atomic E-state index is -3.81. The number of aromatic nitrogens is 2. The lowest BCUT2D eigenvalue weighted by atomic mass is 10.3. The van der Waals surface area contributed by atoms with Crippen molar-refractivity contribution in [1.29, 1.82) is 0 Å². The molecule has 0 aliphatic heterocycles. The van der Waals surface area contributed by atoms with Crippen LogP contribution in [0.25, 0.3) is 11.0 Å². The number of H-pyrrole nitrogens is 1. The first-order chi connectivity index (χ1) is 11.0. The van der Waals surface area contributed by atoms with Gasteiger partial charge in [-0.2, -0.15) is 8.78 Å². The maximum Gasteiger partial charge on any atom is 0.288 e. The molecular weight excluding hydrogens is 344 g/mol. The van der Waals surface area contributed by atoms with Crippen LogP contribution in [0.1, 0.15) is 0 Å². The molecule has 0 saturated heterocycles. The summed E-state index contributed by atoms with van der Waals surface area (Å²) in [5.41, 5.74) is 0.762. The molecule has 5 nitrogen and oxygen atoms in total. The monoisotopic (exact) mass is 355 g/mol. The van der Waals surface area contributed by atoms with Crippen LogP contribution in [0.15, 0.2) is 58.6 Å². The molecule has 0 bridgehead atoms. The van der Waals surface area contributed by atoms with E-state index in [9.17, 15) is 17.2 Å². The summed E-state index contributed by atoms with van der Waals surface area (Å²) in [4.78, 5) is 7.27. The van der Waals surface area contributed by atoms with Gasteiger partial charge in [-0.1, -0.05) is 11.8 Å². The summed E-state index contributed by atoms with van der Waals surface area (Å²) < 4.78 is 51.9. The Kier molecular flexibility index (Phi) is 4.22. The second-order valence-electron chi connectivity index (χ2n) is 4.56. The lowest BCUT2D eigenvalue weighted by Crippen LogP contribution is -2.12. The smallest absolute Gasteiger partial charge is 0.288 e. The highest BCUT2D eigenvalue weighted by atomic mass is 32.2. The van der Waals surface area contributed by atoms with E-state index in [-0.39, 0.29) is 4.90 Å². The fourth-order valence-electron chi connectivity index (χ4n) is 2.07. The maximum atomic E-state index is 12.5. The van der Waals surface area contributed by atoms with Crippen molar-refractivity contribution in [3.63, 3.8) is 0 Å². The molecule has 3 rings (SSSR count). The summed E-state index contributed by atoms with van der Waals surface area (Å²) in [5, 5.41) is 0.477. The first kappa shape index (κ1) is 15.8. The van der Waals surface area contributed by atoms with Gasteiger partial charge in [0.2, 0.25) is 0 Å². The Bertz CT molecular complexity index is 925. The molecule has 0 unspecified atom stereocenters. The fraction of sp³-hybridized carbons (Fsp3) is 0.0714. The number of pyridine rings is 1. The standard InChI is InChI=1S/C14H11F2N3O2S2/c15-14(16)22-10-5-3-9(4-6-10)19-23(20,21)12-8-18-13-11(12)2-1-7-17-13/h1-8,14,19H,(H,17,18). The van der Waals surface area contributed by atoms with Crippen LogP contribution in [0, 0.1) is 0 Å². The number of thioether (sulfide) groups is 1. The van der Waals surface area contributed by atoms with Crippen LogP contribution in [-0.2, 0) is 10.0 Å². The van der Waals surface area contributed by atoms with Crippen molar-refractivity contribution < 1.29 is 17.2 Å². The first-order valence-electron chi connectivity index (χ1n) is 6.45. The normalized spacial score (nSPS) is 12.0. The van der Waals surface area contributed by atoms with Crippen molar-refractivity contribution in [2.45, 2.75) is 15.5 Å². The topological polar surface area (TPSA) is 74.8 Å². The predicted molar refractivity (Wildman–Crippen MR) is 85.2 cm³/mol. The second kappa shape index (κ2) is 6.17. The molecule has 0 aliphatic carbocycles. The van der Waals surface area contributed by atoms with Gasteiger partial charge in [-0.25, -0.2) is 13.4 Å². The van der Waals surface area contributed by atoms with Crippen molar-refractivity contribution in [2.24, 2.45) is 0 Å². The van der Waals surface area contributed by atoms with E-state index in [0.717, 1.165) is 0 Å². The third kappa shape index (κ3) is 3.45. The number of fused-ring (bicyclic) bond motifs is 1. The Balaban J connectivity index is 1.86. The number of alkyl halides is 2. The number of hydrogen-bond acceptors (Lipinski definition) is 4. The van der Waals surface area contributed by atoms with Gasteiger partial charge >= 0.3 is 0 Å². The van der Waals surface area contributed by atoms with E-state index in [1.54, 1.807) is 18.3 Å². The van der Waals surface area contributed by atoms with Gasteiger partial charge in [0.25, 0.3) is 15.8 Å². The quantitative estimate of drug-likeness (QED) is 0.685. The molecule has 2 aromatic heterocycles. The van der Waals surface area contributed by atoms with Crippen molar-refractivity contribution >= 4 is 38.5 Å². The van der Waals surface area contributed by atoms with Gasteiger partial charge in [-0.3, -0.25) is 4.72 Å². The van der Waals surface area contributed by atoms with E-state index in [4.69, 9.17) is 0 Å². The summed E-state index contributed by atoms with van der Waals surface area (Å²) in [6.07, 6.45) is 2.92. The van der Waals surface area contributed by atoms with E-state index < -0.39 is 15.8 Å². The summed E-state index contributed by atoms with van der Waals surface area (Å²) in [5.74, 6) is -2.52. The second-order valence-corrected chi connectivity index (χ2v) is 7.28. The average molecular weight is 355 g/mol. The van der Waals surface area contributed by atoms with Crippen LogP contribution in [0.4, 0.5) is 14.5 Å². The minimum absolute atomic E-state index is 0.0756. The Morgan fingerprint density at radius 1 is 1.17 bits per heavy atom. The fourth-order valence-corrected chi connectivity index (χ4v) is 3.79. The highest BCUT2D eigenvalue weighted by Crippen LogP contribution is 2.28. The van der Waals surface area contributed by atoms with Crippen LogP contribution in [0.3, 0.4) is 0 Å². The van der Waals surface area contributed by atoms with Gasteiger partial charge in [0, 0.05) is 28.4 Å². The number of aromatic amines is 1. The number of sulfonamides is 1. The number of benzene rings is 1. The summed E-state index contributed by atoms with van der Waals surface area (Å²) >= 11 is 0.401. The average Bonchev–Trinajstić information content (AvgIpc) is 2.93. The zero-order valence-electron chi connectivity index (χ0n) is 11.5. The Morgan fingerprint density at radius 2 is 1.91 bits per heavy atom. The van der Waals surface area contributed by atoms with Gasteiger partial charge in [-0.05, 0) is 36.4 Å². The van der Waals surface area contributed by atoms with Crippen LogP contribution in [0.2, 0.25) is 0 Å². The SMILES string of the molecule is O=S(=O)(Nc1ccc(SC(F)F)cc1)c1c[nH]c2ncccc12. The van der Waals surface area contributed by atoms with Gasteiger partial charge in [-0.15, -0.1) is 0 Å². The number of anilines is 1. The Morgan fingerprint density at radius 3 is 2.61 bits per heavy atom. The summed E-state index contributed by atoms with van der Waals surface area (Å²) in [7, 11) is -3.81. The minimum Gasteiger partial charge on any atom is -0.345 e. The van der Waals surface area contributed by atoms with Crippen LogP contribution >= 0.6 is 11.8 Å². The highest BCUT2D eigenvalue weighted by Gasteiger charge is 2.19. The van der Waals surface area contributed by atoms with Crippen molar-refractivity contribution in [3.8, 4) is 0 Å². The summed E-state index contributed by atoms with van der Waals surface area (Å²) in [6, 6.07) is 9.04. The highest BCUT2D eigenvalue weighted by molar-refractivity contribution is 7.99. The molecule has 0 radical (unpaired) electrons. The van der Waals surface area contributed by atoms with Crippen LogP contribution in [-0.4, -0.2) is 24.1 Å². The number of halogens is 2. The predicted octanol–water partition coefficient (Wildman–Crippen LogP) is 3.68. The molecule has 0 amide bonds. The zero-order chi connectivity index (χ0) is 16.4. The molecule has 2 heterocycles. The molecule has 2 N–H and O–H groups in total. The number of nitrogens with one attached hydrogen (secondary N) is 2. The molecule has 3 aromatic rings. The molecule has 0 atom stereocenters. The largest absolute Gasteiger partial charge is 0.345 e. The summed E-state index contributed by atoms with van der Waals surface area (Å²) in [6.45, 7) is 0. The van der Waals surface area contributed by atoms with Gasteiger partial charge in [0.1, 0.15) is 10.5 Å². The molecule has 0 saturated carbocycles.